The number of carbonyl (C=O) groups excluding carboxylic acids is 2. The summed E-state index contributed by atoms with van der Waals surface area (Å²) in [5.41, 5.74) is 2.32. The van der Waals surface area contributed by atoms with Crippen molar-refractivity contribution in [3.05, 3.63) is 59.6 Å². The van der Waals surface area contributed by atoms with E-state index in [-0.39, 0.29) is 10.7 Å². The maximum atomic E-state index is 12.6. The first-order valence-corrected chi connectivity index (χ1v) is 6.97. The molecule has 1 fully saturated rings. The van der Waals surface area contributed by atoms with Crippen LogP contribution in [0.3, 0.4) is 0 Å². The van der Waals surface area contributed by atoms with E-state index in [1.165, 1.54) is 23.5 Å². The molecule has 6 heteroatoms. The van der Waals surface area contributed by atoms with E-state index in [1.54, 1.807) is 18.2 Å². The van der Waals surface area contributed by atoms with E-state index in [9.17, 15) is 9.59 Å². The molecule has 2 amide bonds. The first kappa shape index (κ1) is 14.2. The monoisotopic (exact) mass is 312 g/mol. The highest BCUT2D eigenvalue weighted by molar-refractivity contribution is 7.80. The number of hydrogen-bond donors (Lipinski definition) is 1. The second kappa shape index (κ2) is 5.57. The summed E-state index contributed by atoms with van der Waals surface area (Å²) in [5.74, 6) is -0.974. The fraction of sp³-hybridized carbons (Fsp3) is 0.0625. The molecule has 110 valence electrons. The summed E-state index contributed by atoms with van der Waals surface area (Å²) >= 11 is 5.12. The molecule has 0 aliphatic carbocycles. The van der Waals surface area contributed by atoms with Crippen LogP contribution in [0.1, 0.15) is 11.1 Å². The summed E-state index contributed by atoms with van der Waals surface area (Å²) in [7, 11) is 0. The smallest absolute Gasteiger partial charge is 0.270 e. The number of furan rings is 1. The molecule has 0 unspecified atom stereocenters. The third-order valence-electron chi connectivity index (χ3n) is 3.25. The van der Waals surface area contributed by atoms with E-state index in [4.69, 9.17) is 16.6 Å². The van der Waals surface area contributed by atoms with E-state index < -0.39 is 11.8 Å². The first-order chi connectivity index (χ1) is 10.6. The molecule has 1 aliphatic heterocycles. The zero-order valence-electron chi connectivity index (χ0n) is 11.7. The quantitative estimate of drug-likeness (QED) is 0.525. The van der Waals surface area contributed by atoms with Gasteiger partial charge >= 0.3 is 0 Å². The van der Waals surface area contributed by atoms with Crippen LogP contribution in [0.25, 0.3) is 6.08 Å². The van der Waals surface area contributed by atoms with Crippen molar-refractivity contribution in [2.45, 2.75) is 6.92 Å². The van der Waals surface area contributed by atoms with Gasteiger partial charge in [0.2, 0.25) is 0 Å². The number of rotatable bonds is 2. The minimum atomic E-state index is -0.514. The lowest BCUT2D eigenvalue weighted by Crippen LogP contribution is -2.54. The van der Waals surface area contributed by atoms with Crippen LogP contribution in [0.2, 0.25) is 0 Å². The molecule has 2 heterocycles. The third kappa shape index (κ3) is 2.56. The number of nitrogens with one attached hydrogen (secondary N) is 1. The molecule has 0 spiro atoms. The van der Waals surface area contributed by atoms with Gasteiger partial charge in [0.15, 0.2) is 5.11 Å². The summed E-state index contributed by atoms with van der Waals surface area (Å²) < 4.78 is 4.95. The van der Waals surface area contributed by atoms with Gasteiger partial charge in [-0.1, -0.05) is 17.7 Å². The third-order valence-corrected chi connectivity index (χ3v) is 3.53. The molecule has 1 saturated heterocycles. The van der Waals surface area contributed by atoms with Gasteiger partial charge in [0, 0.05) is 5.56 Å². The first-order valence-electron chi connectivity index (χ1n) is 6.56. The zero-order chi connectivity index (χ0) is 15.7. The molecule has 3 rings (SSSR count). The van der Waals surface area contributed by atoms with Crippen LogP contribution < -0.4 is 10.2 Å². The molecule has 1 aliphatic rings. The molecule has 0 bridgehead atoms. The molecule has 0 radical (unpaired) electrons. The van der Waals surface area contributed by atoms with Crippen molar-refractivity contribution >= 4 is 40.9 Å². The Balaban J connectivity index is 2.01. The second-order valence-electron chi connectivity index (χ2n) is 4.85. The minimum Gasteiger partial charge on any atom is -0.472 e. The standard InChI is InChI=1S/C16H12N2O3S/c1-10-2-4-12(5-3-10)18-15(20)13(14(19)17-16(18)22)8-11-6-7-21-9-11/h2-9H,1H3,(H,17,19,22). The number of amides is 2. The van der Waals surface area contributed by atoms with Gasteiger partial charge in [-0.15, -0.1) is 0 Å². The molecule has 1 aromatic carbocycles. The Bertz CT molecular complexity index is 776. The summed E-state index contributed by atoms with van der Waals surface area (Å²) in [6, 6.07) is 8.98. The van der Waals surface area contributed by atoms with Gasteiger partial charge < -0.3 is 4.42 Å². The Hall–Kier alpha value is -2.73. The maximum Gasteiger partial charge on any atom is 0.270 e. The highest BCUT2D eigenvalue weighted by Crippen LogP contribution is 2.22. The summed E-state index contributed by atoms with van der Waals surface area (Å²) in [4.78, 5) is 26.0. The van der Waals surface area contributed by atoms with Crippen molar-refractivity contribution < 1.29 is 14.0 Å². The highest BCUT2D eigenvalue weighted by Gasteiger charge is 2.34. The highest BCUT2D eigenvalue weighted by atomic mass is 32.1. The van der Waals surface area contributed by atoms with Crippen LogP contribution in [-0.2, 0) is 9.59 Å². The van der Waals surface area contributed by atoms with Crippen LogP contribution in [0.15, 0.2) is 52.8 Å². The predicted molar refractivity (Wildman–Crippen MR) is 86.1 cm³/mol. The number of aryl methyl sites for hydroxylation is 1. The lowest BCUT2D eigenvalue weighted by Gasteiger charge is -2.28. The maximum absolute atomic E-state index is 12.6. The minimum absolute atomic E-state index is 0.00979. The lowest BCUT2D eigenvalue weighted by atomic mass is 10.1. The Kier molecular flexibility index (Phi) is 3.60. The zero-order valence-corrected chi connectivity index (χ0v) is 12.5. The Labute approximate surface area is 132 Å². The van der Waals surface area contributed by atoms with Gasteiger partial charge in [0.1, 0.15) is 5.57 Å². The fourth-order valence-corrected chi connectivity index (χ4v) is 2.39. The average Bonchev–Trinajstić information content (AvgIpc) is 2.98. The number of thiocarbonyl (C=S) groups is 1. The normalized spacial score (nSPS) is 17.0. The van der Waals surface area contributed by atoms with Crippen molar-refractivity contribution in [3.8, 4) is 0 Å². The van der Waals surface area contributed by atoms with Gasteiger partial charge in [0.05, 0.1) is 18.2 Å². The molecule has 22 heavy (non-hydrogen) atoms. The van der Waals surface area contributed by atoms with Gasteiger partial charge in [-0.25, -0.2) is 0 Å². The lowest BCUT2D eigenvalue weighted by molar-refractivity contribution is -0.122. The SMILES string of the molecule is Cc1ccc(N2C(=O)C(=Cc3ccoc3)C(=O)NC2=S)cc1. The number of anilines is 1. The largest absolute Gasteiger partial charge is 0.472 e. The van der Waals surface area contributed by atoms with Crippen LogP contribution in [0.4, 0.5) is 5.69 Å². The van der Waals surface area contributed by atoms with Crippen LogP contribution in [0, 0.1) is 6.92 Å². The molecule has 0 saturated carbocycles. The average molecular weight is 312 g/mol. The van der Waals surface area contributed by atoms with E-state index in [2.05, 4.69) is 5.32 Å². The van der Waals surface area contributed by atoms with Crippen molar-refractivity contribution in [1.82, 2.24) is 5.32 Å². The van der Waals surface area contributed by atoms with Gasteiger partial charge in [-0.2, -0.15) is 0 Å². The van der Waals surface area contributed by atoms with Crippen molar-refractivity contribution in [3.63, 3.8) is 0 Å². The summed E-state index contributed by atoms with van der Waals surface area (Å²) in [6.07, 6.45) is 4.40. The van der Waals surface area contributed by atoms with Gasteiger partial charge in [-0.3, -0.25) is 19.8 Å². The van der Waals surface area contributed by atoms with Crippen molar-refractivity contribution in [2.75, 3.05) is 4.90 Å². The number of benzene rings is 1. The van der Waals surface area contributed by atoms with Crippen LogP contribution in [-0.4, -0.2) is 16.9 Å². The Morgan fingerprint density at radius 3 is 2.55 bits per heavy atom. The molecule has 5 nitrogen and oxygen atoms in total. The molecule has 1 aromatic heterocycles. The van der Waals surface area contributed by atoms with Crippen LogP contribution in [0.5, 0.6) is 0 Å². The Morgan fingerprint density at radius 2 is 1.91 bits per heavy atom. The van der Waals surface area contributed by atoms with Gasteiger partial charge in [-0.05, 0) is 43.4 Å². The fourth-order valence-electron chi connectivity index (χ4n) is 2.11. The Morgan fingerprint density at radius 1 is 1.18 bits per heavy atom. The molecule has 2 aromatic rings. The number of hydrogen-bond acceptors (Lipinski definition) is 4. The van der Waals surface area contributed by atoms with E-state index in [0.29, 0.717) is 11.3 Å². The van der Waals surface area contributed by atoms with Crippen molar-refractivity contribution in [1.29, 1.82) is 0 Å². The molecule has 1 N–H and O–H groups in total. The topological polar surface area (TPSA) is 62.6 Å². The van der Waals surface area contributed by atoms with Crippen LogP contribution >= 0.6 is 12.2 Å². The summed E-state index contributed by atoms with van der Waals surface area (Å²) in [5, 5.41) is 2.61. The molecule has 0 atom stereocenters. The molecular formula is C16H12N2O3S. The summed E-state index contributed by atoms with van der Waals surface area (Å²) in [6.45, 7) is 1.95. The van der Waals surface area contributed by atoms with E-state index in [0.717, 1.165) is 5.56 Å². The second-order valence-corrected chi connectivity index (χ2v) is 5.24. The van der Waals surface area contributed by atoms with E-state index >= 15 is 0 Å². The number of carbonyl (C=O) groups is 2. The van der Waals surface area contributed by atoms with Crippen molar-refractivity contribution in [2.24, 2.45) is 0 Å². The van der Waals surface area contributed by atoms with E-state index in [1.807, 2.05) is 19.1 Å². The van der Waals surface area contributed by atoms with Gasteiger partial charge in [0.25, 0.3) is 11.8 Å². The predicted octanol–water partition coefficient (Wildman–Crippen LogP) is 2.42. The number of nitrogens with zero attached hydrogens (tertiary/aromatic N) is 1. The molecular weight excluding hydrogens is 300 g/mol.